The number of thiophene rings is 1. The zero-order valence-corrected chi connectivity index (χ0v) is 23.0. The van der Waals surface area contributed by atoms with Gasteiger partial charge in [-0.15, -0.1) is 11.3 Å². The molecule has 202 valence electrons. The van der Waals surface area contributed by atoms with E-state index in [-0.39, 0.29) is 74.2 Å². The Kier molecular flexibility index (Phi) is 3.27. The normalized spacial score (nSPS) is 16.0. The van der Waals surface area contributed by atoms with E-state index in [0.29, 0.717) is 16.9 Å². The number of fused-ring (bicyclic) bond motifs is 8. The largest absolute Gasteiger partial charge is 0.456 e. The fraction of sp³-hybridized carbons (Fsp3) is 0. The summed E-state index contributed by atoms with van der Waals surface area (Å²) in [4.78, 5) is 1.58. The summed E-state index contributed by atoms with van der Waals surface area (Å²) in [5.74, 6) is 0. The van der Waals surface area contributed by atoms with Gasteiger partial charge in [0.1, 0.15) is 11.2 Å². The van der Waals surface area contributed by atoms with Gasteiger partial charge in [0.2, 0.25) is 0 Å². The number of hydrogen-bond donors (Lipinski definition) is 0. The van der Waals surface area contributed by atoms with Gasteiger partial charge in [-0.05, 0) is 88.5 Å². The molecule has 0 aliphatic carbocycles. The van der Waals surface area contributed by atoms with E-state index in [4.69, 9.17) is 20.9 Å². The molecule has 2 aromatic heterocycles. The van der Waals surface area contributed by atoms with Gasteiger partial charge < -0.3 is 9.32 Å². The van der Waals surface area contributed by atoms with Crippen LogP contribution in [0, 0.1) is 0 Å². The first-order valence-electron chi connectivity index (χ1n) is 20.0. The van der Waals surface area contributed by atoms with E-state index in [9.17, 15) is 1.37 Å². The topological polar surface area (TPSA) is 16.4 Å². The van der Waals surface area contributed by atoms with Crippen LogP contribution >= 0.6 is 11.3 Å². The van der Waals surface area contributed by atoms with E-state index < -0.39 is 48.3 Å². The maximum absolute atomic E-state index is 9.31. The minimum Gasteiger partial charge on any atom is -0.456 e. The maximum Gasteiger partial charge on any atom is 0.136 e. The second-order valence-electron chi connectivity index (χ2n) is 9.97. The molecule has 0 radical (unpaired) electrons. The third kappa shape index (κ3) is 3.93. The summed E-state index contributed by atoms with van der Waals surface area (Å²) in [6, 6.07) is 16.0. The number of nitrogens with zero attached hydrogens (tertiary/aromatic N) is 1. The highest BCUT2D eigenvalue weighted by atomic mass is 32.1. The summed E-state index contributed by atoms with van der Waals surface area (Å²) in [6.07, 6.45) is 0. The lowest BCUT2D eigenvalue weighted by Crippen LogP contribution is -2.09. The van der Waals surface area contributed by atoms with Gasteiger partial charge >= 0.3 is 0 Å². The fourth-order valence-electron chi connectivity index (χ4n) is 5.55. The van der Waals surface area contributed by atoms with Crippen LogP contribution in [0.15, 0.2) is 156 Å². The Labute approximate surface area is 270 Å². The van der Waals surface area contributed by atoms with Crippen molar-refractivity contribution in [3.63, 3.8) is 0 Å². The number of anilines is 3. The van der Waals surface area contributed by atoms with E-state index in [2.05, 4.69) is 0 Å². The quantitative estimate of drug-likeness (QED) is 0.206. The second kappa shape index (κ2) is 9.59. The molecule has 3 heteroatoms. The van der Waals surface area contributed by atoms with Gasteiger partial charge in [0.05, 0.1) is 17.8 Å². The second-order valence-corrected chi connectivity index (χ2v) is 11.1. The minimum atomic E-state index is -0.530. The Morgan fingerprint density at radius 1 is 0.535 bits per heavy atom. The predicted molar refractivity (Wildman–Crippen MR) is 184 cm³/mol. The van der Waals surface area contributed by atoms with Crippen LogP contribution in [0.25, 0.3) is 64.0 Å². The van der Waals surface area contributed by atoms with E-state index >= 15 is 0 Å². The molecule has 0 unspecified atom stereocenters. The van der Waals surface area contributed by atoms with Crippen molar-refractivity contribution in [1.29, 1.82) is 0 Å². The van der Waals surface area contributed by atoms with Crippen LogP contribution in [-0.2, 0) is 0 Å². The highest BCUT2D eigenvalue weighted by Gasteiger charge is 2.15. The molecular formula is C40H25NOS. The molecule has 7 aromatic carbocycles. The monoisotopic (exact) mass is 580 g/mol. The van der Waals surface area contributed by atoms with Crippen molar-refractivity contribution in [2.75, 3.05) is 4.90 Å². The van der Waals surface area contributed by atoms with Gasteiger partial charge in [0.15, 0.2) is 0 Å². The lowest BCUT2D eigenvalue weighted by atomic mass is 9.98. The van der Waals surface area contributed by atoms with Gasteiger partial charge in [-0.25, -0.2) is 0 Å². The molecule has 2 heterocycles. The molecule has 43 heavy (non-hydrogen) atoms. The van der Waals surface area contributed by atoms with Crippen LogP contribution in [0.1, 0.15) is 17.8 Å². The molecule has 0 atom stereocenters. The predicted octanol–water partition coefficient (Wildman–Crippen LogP) is 12.2. The van der Waals surface area contributed by atoms with E-state index in [1.165, 1.54) is 6.07 Å². The summed E-state index contributed by atoms with van der Waals surface area (Å²) in [7, 11) is 0. The lowest BCUT2D eigenvalue weighted by molar-refractivity contribution is 0.669. The Morgan fingerprint density at radius 2 is 1.35 bits per heavy atom. The Bertz CT molecular complexity index is 3160. The molecule has 2 nitrogen and oxygen atoms in total. The summed E-state index contributed by atoms with van der Waals surface area (Å²) >= 11 is 1.61. The van der Waals surface area contributed by atoms with Crippen molar-refractivity contribution >= 4 is 81.3 Å². The zero-order chi connectivity index (χ0) is 39.6. The smallest absolute Gasteiger partial charge is 0.136 e. The van der Waals surface area contributed by atoms with Crippen LogP contribution in [0.3, 0.4) is 0 Å². The van der Waals surface area contributed by atoms with Gasteiger partial charge in [-0.2, -0.15) is 0 Å². The lowest BCUT2D eigenvalue weighted by Gasteiger charge is -2.26. The van der Waals surface area contributed by atoms with Gasteiger partial charge in [0, 0.05) is 48.0 Å². The number of rotatable bonds is 4. The molecule has 9 aromatic rings. The van der Waals surface area contributed by atoms with Gasteiger partial charge in [0.25, 0.3) is 0 Å². The highest BCUT2D eigenvalue weighted by molar-refractivity contribution is 7.25. The van der Waals surface area contributed by atoms with Crippen molar-refractivity contribution in [3.8, 4) is 11.1 Å². The molecule has 9 rings (SSSR count). The summed E-state index contributed by atoms with van der Waals surface area (Å²) in [5.41, 5.74) is 1.05. The highest BCUT2D eigenvalue weighted by Crippen LogP contribution is 2.41. The molecule has 0 spiro atoms. The molecule has 0 bridgehead atoms. The average Bonchev–Trinajstić information content (AvgIpc) is 3.76. The molecule has 0 saturated heterocycles. The molecular weight excluding hydrogens is 543 g/mol. The zero-order valence-electron chi connectivity index (χ0n) is 35.2. The van der Waals surface area contributed by atoms with Crippen LogP contribution in [0.2, 0.25) is 0 Å². The van der Waals surface area contributed by atoms with Crippen LogP contribution < -0.4 is 4.90 Å². The van der Waals surface area contributed by atoms with Crippen molar-refractivity contribution in [1.82, 2.24) is 0 Å². The summed E-state index contributed by atoms with van der Waals surface area (Å²) in [5, 5.41) is 1.90. The number of para-hydroxylation sites is 2. The molecule has 0 aliphatic rings. The van der Waals surface area contributed by atoms with Crippen LogP contribution in [0.4, 0.5) is 17.1 Å². The average molecular weight is 581 g/mol. The first-order valence-corrected chi connectivity index (χ1v) is 14.3. The van der Waals surface area contributed by atoms with E-state index in [0.717, 1.165) is 20.2 Å². The van der Waals surface area contributed by atoms with E-state index in [1.54, 1.807) is 40.5 Å². The van der Waals surface area contributed by atoms with Gasteiger partial charge in [-0.1, -0.05) is 84.7 Å². The Morgan fingerprint density at radius 3 is 2.26 bits per heavy atom. The number of hydrogen-bond acceptors (Lipinski definition) is 3. The summed E-state index contributed by atoms with van der Waals surface area (Å²) < 4.78 is 121. The SMILES string of the molecule is [2H]c1cc2oc3c([2H])c([2H])c4c([2H])c(-c5ccc(N(c6ccc7sc8ccccc8c7c6)c6c([2H])c([2H])c([2H])c([2H])c6[2H])cc5)c([2H])c([2H])c4c3c2c([2H])c1[2H]. The van der Waals surface area contributed by atoms with Crippen molar-refractivity contribution in [2.24, 2.45) is 0 Å². The fourth-order valence-corrected chi connectivity index (χ4v) is 6.63. The van der Waals surface area contributed by atoms with Crippen LogP contribution in [0.5, 0.6) is 0 Å². The Balaban J connectivity index is 1.27. The van der Waals surface area contributed by atoms with Crippen LogP contribution in [-0.4, -0.2) is 0 Å². The summed E-state index contributed by atoms with van der Waals surface area (Å²) in [6.45, 7) is 0. The Hall–Kier alpha value is -5.38. The number of benzene rings is 7. The van der Waals surface area contributed by atoms with Gasteiger partial charge in [-0.3, -0.25) is 0 Å². The van der Waals surface area contributed by atoms with E-state index in [1.807, 2.05) is 42.5 Å². The molecule has 0 amide bonds. The third-order valence-electron chi connectivity index (χ3n) is 7.51. The molecule has 0 fully saturated rings. The standard InChI is InChI=1S/C40H25NOS/c1-2-8-29(9-3-1)41(31-20-23-39-35(25-31)33-10-5-7-13-38(33)43-39)30-18-14-26(15-19-30)27-16-21-32-28(24-27)17-22-37-40(32)34-11-4-6-12-36(34)42-37/h1-25H/i1D,2D,3D,4D,6D,8D,9D,11D,16D,17D,21D,22D,24D. The first-order chi connectivity index (χ1) is 26.7. The first kappa shape index (κ1) is 14.7. The molecule has 0 aliphatic heterocycles. The molecule has 0 saturated carbocycles. The molecule has 0 N–H and O–H groups in total. The minimum absolute atomic E-state index is 0.00431. The third-order valence-corrected chi connectivity index (χ3v) is 8.66. The van der Waals surface area contributed by atoms with Crippen molar-refractivity contribution in [3.05, 3.63) is 151 Å². The number of furan rings is 1. The maximum atomic E-state index is 9.31. The van der Waals surface area contributed by atoms with Crippen molar-refractivity contribution < 1.29 is 22.2 Å². The van der Waals surface area contributed by atoms with Crippen molar-refractivity contribution in [2.45, 2.75) is 0 Å².